The fourth-order valence-corrected chi connectivity index (χ4v) is 3.92. The van der Waals surface area contributed by atoms with Crippen molar-refractivity contribution in [2.75, 3.05) is 48.0 Å². The van der Waals surface area contributed by atoms with Crippen molar-refractivity contribution in [2.45, 2.75) is 40.0 Å². The standard InChI is InChI=1S/C23H36N2O5/c1-9-24(5)22(27)17-14-25(20(26)12-23(2,3)4)13-16(17)15-10-18(28-6)21(30-8)19(11-15)29-7/h10-11,16-17H,9,12-14H2,1-8H3. The summed E-state index contributed by atoms with van der Waals surface area (Å²) < 4.78 is 16.4. The Labute approximate surface area is 180 Å². The Morgan fingerprint density at radius 2 is 1.63 bits per heavy atom. The third-order valence-electron chi connectivity index (χ3n) is 5.64. The molecule has 2 atom stereocenters. The second-order valence-corrected chi connectivity index (χ2v) is 9.06. The molecule has 30 heavy (non-hydrogen) atoms. The molecule has 2 rings (SSSR count). The van der Waals surface area contributed by atoms with Gasteiger partial charge in [0.2, 0.25) is 17.6 Å². The molecule has 0 N–H and O–H groups in total. The van der Waals surface area contributed by atoms with Gasteiger partial charge in [-0.2, -0.15) is 0 Å². The van der Waals surface area contributed by atoms with Gasteiger partial charge in [-0.25, -0.2) is 0 Å². The van der Waals surface area contributed by atoms with Crippen LogP contribution in [0.5, 0.6) is 17.2 Å². The SMILES string of the molecule is CCN(C)C(=O)C1CN(C(=O)CC(C)(C)C)CC1c1cc(OC)c(OC)c(OC)c1. The zero-order chi connectivity index (χ0) is 22.6. The summed E-state index contributed by atoms with van der Waals surface area (Å²) in [5, 5.41) is 0. The molecule has 0 aromatic heterocycles. The van der Waals surface area contributed by atoms with E-state index >= 15 is 0 Å². The lowest BCUT2D eigenvalue weighted by Crippen LogP contribution is -2.37. The summed E-state index contributed by atoms with van der Waals surface area (Å²) in [6.45, 7) is 9.61. The molecule has 7 heteroatoms. The lowest BCUT2D eigenvalue weighted by molar-refractivity contribution is -0.135. The van der Waals surface area contributed by atoms with Crippen molar-refractivity contribution in [3.05, 3.63) is 17.7 Å². The topological polar surface area (TPSA) is 68.3 Å². The molecule has 2 amide bonds. The van der Waals surface area contributed by atoms with Crippen LogP contribution in [0.4, 0.5) is 0 Å². The van der Waals surface area contributed by atoms with Crippen LogP contribution in [-0.2, 0) is 9.59 Å². The minimum atomic E-state index is -0.318. The van der Waals surface area contributed by atoms with Crippen LogP contribution in [0.15, 0.2) is 12.1 Å². The van der Waals surface area contributed by atoms with Crippen LogP contribution in [0.1, 0.15) is 45.6 Å². The molecule has 1 aromatic carbocycles. The number of rotatable bonds is 7. The van der Waals surface area contributed by atoms with Crippen LogP contribution in [0.2, 0.25) is 0 Å². The number of likely N-dealkylation sites (tertiary alicyclic amines) is 1. The molecule has 168 valence electrons. The summed E-state index contributed by atoms with van der Waals surface area (Å²) in [7, 11) is 6.50. The van der Waals surface area contributed by atoms with Gasteiger partial charge in [0, 0.05) is 39.0 Å². The van der Waals surface area contributed by atoms with E-state index in [1.54, 1.807) is 33.3 Å². The van der Waals surface area contributed by atoms with Gasteiger partial charge in [0.25, 0.3) is 0 Å². The van der Waals surface area contributed by atoms with Crippen LogP contribution in [0.25, 0.3) is 0 Å². The molecular weight excluding hydrogens is 384 g/mol. The summed E-state index contributed by atoms with van der Waals surface area (Å²) in [5.41, 5.74) is 0.792. The molecule has 1 aromatic rings. The van der Waals surface area contributed by atoms with E-state index in [1.165, 1.54) is 0 Å². The minimum Gasteiger partial charge on any atom is -0.493 e. The van der Waals surface area contributed by atoms with Crippen molar-refractivity contribution < 1.29 is 23.8 Å². The molecule has 1 heterocycles. The van der Waals surface area contributed by atoms with Gasteiger partial charge < -0.3 is 24.0 Å². The lowest BCUT2D eigenvalue weighted by Gasteiger charge is -2.24. The number of ether oxygens (including phenoxy) is 3. The average Bonchev–Trinajstić information content (AvgIpc) is 3.15. The van der Waals surface area contributed by atoms with E-state index in [0.29, 0.717) is 43.3 Å². The number of benzene rings is 1. The van der Waals surface area contributed by atoms with Crippen molar-refractivity contribution in [2.24, 2.45) is 11.3 Å². The molecule has 0 radical (unpaired) electrons. The van der Waals surface area contributed by atoms with Crippen molar-refractivity contribution in [1.82, 2.24) is 9.80 Å². The van der Waals surface area contributed by atoms with Gasteiger partial charge in [-0.3, -0.25) is 9.59 Å². The molecule has 1 fully saturated rings. The first kappa shape index (κ1) is 23.8. The molecule has 7 nitrogen and oxygen atoms in total. The maximum atomic E-state index is 13.1. The van der Waals surface area contributed by atoms with Crippen molar-refractivity contribution in [1.29, 1.82) is 0 Å². The Bertz CT molecular complexity index is 746. The number of hydrogen-bond donors (Lipinski definition) is 0. The summed E-state index contributed by atoms with van der Waals surface area (Å²) >= 11 is 0. The highest BCUT2D eigenvalue weighted by Crippen LogP contribution is 2.43. The van der Waals surface area contributed by atoms with E-state index in [2.05, 4.69) is 0 Å². The summed E-state index contributed by atoms with van der Waals surface area (Å²) in [4.78, 5) is 29.6. The maximum absolute atomic E-state index is 13.1. The fourth-order valence-electron chi connectivity index (χ4n) is 3.92. The second kappa shape index (κ2) is 9.58. The number of carbonyl (C=O) groups is 2. The number of carbonyl (C=O) groups excluding carboxylic acids is 2. The number of methoxy groups -OCH3 is 3. The van der Waals surface area contributed by atoms with Gasteiger partial charge in [-0.15, -0.1) is 0 Å². The van der Waals surface area contributed by atoms with Crippen molar-refractivity contribution in [3.8, 4) is 17.2 Å². The fraction of sp³-hybridized carbons (Fsp3) is 0.652. The Morgan fingerprint density at radius 3 is 2.07 bits per heavy atom. The second-order valence-electron chi connectivity index (χ2n) is 9.06. The zero-order valence-corrected chi connectivity index (χ0v) is 19.6. The third-order valence-corrected chi connectivity index (χ3v) is 5.64. The number of nitrogens with zero attached hydrogens (tertiary/aromatic N) is 2. The Morgan fingerprint density at radius 1 is 1.07 bits per heavy atom. The quantitative estimate of drug-likeness (QED) is 0.678. The van der Waals surface area contributed by atoms with E-state index in [4.69, 9.17) is 14.2 Å². The molecule has 1 saturated heterocycles. The molecule has 0 aliphatic carbocycles. The van der Waals surface area contributed by atoms with Gasteiger partial charge in [-0.1, -0.05) is 20.8 Å². The Hall–Kier alpha value is -2.44. The molecular formula is C23H36N2O5. The molecule has 0 saturated carbocycles. The van der Waals surface area contributed by atoms with Gasteiger partial charge in [0.05, 0.1) is 27.2 Å². The average molecular weight is 421 g/mol. The predicted octanol–water partition coefficient (Wildman–Crippen LogP) is 3.17. The highest BCUT2D eigenvalue weighted by atomic mass is 16.5. The highest BCUT2D eigenvalue weighted by Gasteiger charge is 2.42. The first-order valence-electron chi connectivity index (χ1n) is 10.4. The lowest BCUT2D eigenvalue weighted by atomic mass is 9.87. The maximum Gasteiger partial charge on any atom is 0.227 e. The van der Waals surface area contributed by atoms with Crippen LogP contribution in [0, 0.1) is 11.3 Å². The molecule has 0 spiro atoms. The number of amides is 2. The Balaban J connectivity index is 2.45. The smallest absolute Gasteiger partial charge is 0.227 e. The van der Waals surface area contributed by atoms with E-state index in [-0.39, 0.29) is 29.1 Å². The Kier molecular flexibility index (Phi) is 7.61. The first-order valence-corrected chi connectivity index (χ1v) is 10.4. The molecule has 2 unspecified atom stereocenters. The molecule has 0 bridgehead atoms. The van der Waals surface area contributed by atoms with Crippen LogP contribution < -0.4 is 14.2 Å². The van der Waals surface area contributed by atoms with Crippen LogP contribution >= 0.6 is 0 Å². The van der Waals surface area contributed by atoms with E-state index < -0.39 is 0 Å². The van der Waals surface area contributed by atoms with Gasteiger partial charge in [0.15, 0.2) is 11.5 Å². The van der Waals surface area contributed by atoms with E-state index in [9.17, 15) is 9.59 Å². The predicted molar refractivity (Wildman–Crippen MR) is 116 cm³/mol. The summed E-state index contributed by atoms with van der Waals surface area (Å²) in [6, 6.07) is 3.77. The molecule has 1 aliphatic rings. The summed E-state index contributed by atoms with van der Waals surface area (Å²) in [6.07, 6.45) is 0.444. The van der Waals surface area contributed by atoms with E-state index in [0.717, 1.165) is 5.56 Å². The third kappa shape index (κ3) is 5.18. The largest absolute Gasteiger partial charge is 0.493 e. The number of hydrogen-bond acceptors (Lipinski definition) is 5. The molecule has 1 aliphatic heterocycles. The normalized spacial score (nSPS) is 18.9. The van der Waals surface area contributed by atoms with Crippen molar-refractivity contribution in [3.63, 3.8) is 0 Å². The van der Waals surface area contributed by atoms with Gasteiger partial charge >= 0.3 is 0 Å². The first-order chi connectivity index (χ1) is 14.1. The zero-order valence-electron chi connectivity index (χ0n) is 19.6. The van der Waals surface area contributed by atoms with Gasteiger partial charge in [-0.05, 0) is 30.0 Å². The van der Waals surface area contributed by atoms with E-state index in [1.807, 2.05) is 44.7 Å². The minimum absolute atomic E-state index is 0.0438. The summed E-state index contributed by atoms with van der Waals surface area (Å²) in [5.74, 6) is 1.25. The van der Waals surface area contributed by atoms with Gasteiger partial charge in [0.1, 0.15) is 0 Å². The monoisotopic (exact) mass is 420 g/mol. The van der Waals surface area contributed by atoms with Crippen molar-refractivity contribution >= 4 is 11.8 Å². The highest BCUT2D eigenvalue weighted by molar-refractivity contribution is 5.83. The van der Waals surface area contributed by atoms with Crippen LogP contribution in [0.3, 0.4) is 0 Å². The van der Waals surface area contributed by atoms with Crippen LogP contribution in [-0.4, -0.2) is 69.6 Å².